The van der Waals surface area contributed by atoms with Crippen LogP contribution in [-0.4, -0.2) is 48.9 Å². The van der Waals surface area contributed by atoms with Crippen molar-refractivity contribution in [3.8, 4) is 5.75 Å². The van der Waals surface area contributed by atoms with E-state index in [1.54, 1.807) is 6.92 Å². The number of nitrogens with zero attached hydrogens (tertiary/aromatic N) is 1. The van der Waals surface area contributed by atoms with Gasteiger partial charge >= 0.3 is 5.97 Å². The summed E-state index contributed by atoms with van der Waals surface area (Å²) in [6.07, 6.45) is -0.490. The van der Waals surface area contributed by atoms with Crippen molar-refractivity contribution in [3.05, 3.63) is 102 Å². The van der Waals surface area contributed by atoms with E-state index in [4.69, 9.17) is 9.47 Å². The molecule has 0 aliphatic heterocycles. The van der Waals surface area contributed by atoms with E-state index in [2.05, 4.69) is 60.5 Å². The van der Waals surface area contributed by atoms with Crippen LogP contribution in [-0.2, 0) is 16.0 Å². The number of carbonyl (C=O) groups is 1. The monoisotopic (exact) mass is 433 g/mol. The third kappa shape index (κ3) is 6.67. The van der Waals surface area contributed by atoms with Crippen LogP contribution in [0.5, 0.6) is 5.75 Å². The first kappa shape index (κ1) is 23.5. The Balaban J connectivity index is 1.58. The van der Waals surface area contributed by atoms with Gasteiger partial charge in [0.05, 0.1) is 6.04 Å². The molecule has 0 spiro atoms. The van der Waals surface area contributed by atoms with Crippen LogP contribution in [0.15, 0.2) is 84.9 Å². The summed E-state index contributed by atoms with van der Waals surface area (Å²) in [5.41, 5.74) is 3.39. The zero-order valence-corrected chi connectivity index (χ0v) is 18.7. The van der Waals surface area contributed by atoms with Crippen molar-refractivity contribution >= 4 is 5.97 Å². The van der Waals surface area contributed by atoms with E-state index in [-0.39, 0.29) is 6.04 Å². The summed E-state index contributed by atoms with van der Waals surface area (Å²) in [6.45, 7) is 3.47. The second kappa shape index (κ2) is 12.0. The standard InChI is InChI=1S/C27H31NO4/c1-3-31-25(27(29)30)20-21-14-16-24(17-15-21)32-19-18-28(2)26(22-10-6-4-7-11-22)23-12-8-5-9-13-23/h4-17,25-26H,3,18-20H2,1-2H3,(H,29,30)/t25-/m0/s1. The number of ether oxygens (including phenoxy) is 2. The first-order valence-corrected chi connectivity index (χ1v) is 10.9. The quantitative estimate of drug-likeness (QED) is 0.444. The molecule has 1 N–H and O–H groups in total. The van der Waals surface area contributed by atoms with E-state index in [1.807, 2.05) is 36.4 Å². The SMILES string of the molecule is CCO[C@@H](Cc1ccc(OCCN(C)C(c2ccccc2)c2ccccc2)cc1)C(=O)O. The van der Waals surface area contributed by atoms with Crippen LogP contribution in [0.1, 0.15) is 29.7 Å². The number of rotatable bonds is 12. The zero-order valence-electron chi connectivity index (χ0n) is 18.7. The zero-order chi connectivity index (χ0) is 22.8. The first-order chi connectivity index (χ1) is 15.6. The molecule has 0 saturated carbocycles. The van der Waals surface area contributed by atoms with E-state index in [0.717, 1.165) is 17.9 Å². The van der Waals surface area contributed by atoms with Crippen LogP contribution < -0.4 is 4.74 Å². The molecule has 0 bridgehead atoms. The van der Waals surface area contributed by atoms with Gasteiger partial charge in [-0.1, -0.05) is 72.8 Å². The van der Waals surface area contributed by atoms with E-state index < -0.39 is 12.1 Å². The Morgan fingerprint density at radius 2 is 1.47 bits per heavy atom. The molecule has 0 aliphatic carbocycles. The Morgan fingerprint density at radius 1 is 0.906 bits per heavy atom. The fraction of sp³-hybridized carbons (Fsp3) is 0.296. The number of hydrogen-bond acceptors (Lipinski definition) is 4. The summed E-state index contributed by atoms with van der Waals surface area (Å²) in [7, 11) is 2.11. The van der Waals surface area contributed by atoms with Crippen LogP contribution in [0.3, 0.4) is 0 Å². The summed E-state index contributed by atoms with van der Waals surface area (Å²) in [5.74, 6) is -0.178. The highest BCUT2D eigenvalue weighted by Crippen LogP contribution is 2.27. The van der Waals surface area contributed by atoms with Gasteiger partial charge in [0, 0.05) is 19.6 Å². The molecule has 32 heavy (non-hydrogen) atoms. The molecule has 3 aromatic carbocycles. The topological polar surface area (TPSA) is 59.0 Å². The van der Waals surface area contributed by atoms with Crippen molar-refractivity contribution < 1.29 is 19.4 Å². The molecule has 0 fully saturated rings. The van der Waals surface area contributed by atoms with Crippen LogP contribution in [0.4, 0.5) is 0 Å². The summed E-state index contributed by atoms with van der Waals surface area (Å²) in [6, 6.07) is 28.6. The molecule has 5 nitrogen and oxygen atoms in total. The second-order valence-electron chi connectivity index (χ2n) is 7.68. The normalized spacial score (nSPS) is 12.1. The molecule has 0 heterocycles. The van der Waals surface area contributed by atoms with Crippen molar-refractivity contribution in [1.29, 1.82) is 0 Å². The largest absolute Gasteiger partial charge is 0.492 e. The third-order valence-corrected chi connectivity index (χ3v) is 5.37. The predicted molar refractivity (Wildman–Crippen MR) is 126 cm³/mol. The maximum Gasteiger partial charge on any atom is 0.333 e. The van der Waals surface area contributed by atoms with Gasteiger partial charge in [-0.2, -0.15) is 0 Å². The molecule has 168 valence electrons. The lowest BCUT2D eigenvalue weighted by Gasteiger charge is -2.29. The molecule has 0 radical (unpaired) electrons. The van der Waals surface area contributed by atoms with E-state index in [1.165, 1.54) is 11.1 Å². The fourth-order valence-electron chi connectivity index (χ4n) is 3.76. The van der Waals surface area contributed by atoms with Crippen molar-refractivity contribution in [2.75, 3.05) is 26.8 Å². The minimum atomic E-state index is -0.943. The Labute approximate surface area is 190 Å². The number of benzene rings is 3. The first-order valence-electron chi connectivity index (χ1n) is 10.9. The molecule has 0 unspecified atom stereocenters. The fourth-order valence-corrected chi connectivity index (χ4v) is 3.76. The third-order valence-electron chi connectivity index (χ3n) is 5.37. The number of hydrogen-bond donors (Lipinski definition) is 1. The minimum absolute atomic E-state index is 0.148. The van der Waals surface area contributed by atoms with Crippen LogP contribution >= 0.6 is 0 Å². The molecule has 5 heteroatoms. The Kier molecular flexibility index (Phi) is 8.84. The van der Waals surface area contributed by atoms with Gasteiger partial charge in [0.1, 0.15) is 12.4 Å². The highest BCUT2D eigenvalue weighted by Gasteiger charge is 2.19. The van der Waals surface area contributed by atoms with Crippen molar-refractivity contribution in [1.82, 2.24) is 4.90 Å². The average molecular weight is 434 g/mol. The molecule has 0 amide bonds. The van der Waals surface area contributed by atoms with Crippen molar-refractivity contribution in [2.45, 2.75) is 25.5 Å². The Morgan fingerprint density at radius 3 is 1.97 bits per heavy atom. The van der Waals surface area contributed by atoms with Gasteiger partial charge in [0.15, 0.2) is 6.10 Å². The molecule has 3 rings (SSSR count). The Bertz CT molecular complexity index is 905. The molecular formula is C27H31NO4. The highest BCUT2D eigenvalue weighted by molar-refractivity contribution is 5.72. The molecule has 0 aromatic heterocycles. The maximum atomic E-state index is 11.3. The van der Waals surface area contributed by atoms with Gasteiger partial charge in [-0.3, -0.25) is 4.90 Å². The van der Waals surface area contributed by atoms with Gasteiger partial charge in [-0.25, -0.2) is 4.79 Å². The smallest absolute Gasteiger partial charge is 0.333 e. The van der Waals surface area contributed by atoms with Crippen LogP contribution in [0, 0.1) is 0 Å². The lowest BCUT2D eigenvalue weighted by Crippen LogP contribution is -2.29. The van der Waals surface area contributed by atoms with Gasteiger partial charge < -0.3 is 14.6 Å². The lowest BCUT2D eigenvalue weighted by atomic mass is 9.97. The highest BCUT2D eigenvalue weighted by atomic mass is 16.5. The lowest BCUT2D eigenvalue weighted by molar-refractivity contribution is -0.149. The summed E-state index contributed by atoms with van der Waals surface area (Å²) in [5, 5.41) is 9.24. The second-order valence-corrected chi connectivity index (χ2v) is 7.68. The van der Waals surface area contributed by atoms with Gasteiger partial charge in [-0.05, 0) is 42.8 Å². The number of likely N-dealkylation sites (N-methyl/N-ethyl adjacent to an activating group) is 1. The van der Waals surface area contributed by atoms with Crippen LogP contribution in [0.25, 0.3) is 0 Å². The van der Waals surface area contributed by atoms with E-state index >= 15 is 0 Å². The minimum Gasteiger partial charge on any atom is -0.492 e. The van der Waals surface area contributed by atoms with Crippen LogP contribution in [0.2, 0.25) is 0 Å². The van der Waals surface area contributed by atoms with E-state index in [9.17, 15) is 9.90 Å². The molecule has 3 aromatic rings. The summed E-state index contributed by atoms with van der Waals surface area (Å²) < 4.78 is 11.3. The number of carboxylic acids is 1. The van der Waals surface area contributed by atoms with Crippen molar-refractivity contribution in [2.24, 2.45) is 0 Å². The Hall–Kier alpha value is -3.15. The van der Waals surface area contributed by atoms with Crippen molar-refractivity contribution in [3.63, 3.8) is 0 Å². The number of aliphatic carboxylic acids is 1. The van der Waals surface area contributed by atoms with E-state index in [0.29, 0.717) is 19.6 Å². The average Bonchev–Trinajstić information content (AvgIpc) is 2.81. The summed E-state index contributed by atoms with van der Waals surface area (Å²) in [4.78, 5) is 13.6. The molecule has 0 saturated heterocycles. The van der Waals surface area contributed by atoms with Gasteiger partial charge in [0.25, 0.3) is 0 Å². The molecular weight excluding hydrogens is 402 g/mol. The molecule has 0 aliphatic rings. The van der Waals surface area contributed by atoms with Gasteiger partial charge in [-0.15, -0.1) is 0 Å². The maximum absolute atomic E-state index is 11.3. The predicted octanol–water partition coefficient (Wildman–Crippen LogP) is 4.82. The molecule has 1 atom stereocenters. The summed E-state index contributed by atoms with van der Waals surface area (Å²) >= 11 is 0. The van der Waals surface area contributed by atoms with Gasteiger partial charge in [0.2, 0.25) is 0 Å². The number of carboxylic acid groups (broad SMARTS) is 1.